The van der Waals surface area contributed by atoms with Crippen LogP contribution in [0.5, 0.6) is 0 Å². The molecular weight excluding hydrogens is 1220 g/mol. The van der Waals surface area contributed by atoms with Crippen molar-refractivity contribution in [2.45, 2.75) is 55.4 Å². The van der Waals surface area contributed by atoms with E-state index in [1.165, 1.54) is 93.7 Å². The van der Waals surface area contributed by atoms with Gasteiger partial charge in [-0.1, -0.05) is 109 Å². The molecule has 0 saturated heterocycles. The Morgan fingerprint density at radius 3 is 1.00 bits per heavy atom. The molecule has 8 aromatic carbocycles. The highest BCUT2D eigenvalue weighted by Gasteiger charge is 2.38. The highest BCUT2D eigenvalue weighted by Crippen LogP contribution is 2.29. The molecule has 0 spiro atoms. The van der Waals surface area contributed by atoms with Crippen LogP contribution in [0.3, 0.4) is 0 Å². The van der Waals surface area contributed by atoms with E-state index in [9.17, 15) is 67.1 Å². The van der Waals surface area contributed by atoms with Crippen LogP contribution in [0.15, 0.2) is 182 Å². The van der Waals surface area contributed by atoms with Gasteiger partial charge in [0.25, 0.3) is 47.3 Å². The van der Waals surface area contributed by atoms with Gasteiger partial charge in [0.1, 0.15) is 0 Å². The smallest absolute Gasteiger partial charge is 0.261 e. The number of ketones is 6. The zero-order valence-electron chi connectivity index (χ0n) is 54.5. The highest BCUT2D eigenvalue weighted by atomic mass is 16.2. The molecule has 19 heteroatoms. The largest absolute Gasteiger partial charge is 0.339 e. The van der Waals surface area contributed by atoms with E-state index in [1.807, 2.05) is 64.1 Å². The zero-order valence-corrected chi connectivity index (χ0v) is 54.5. The molecule has 3 aliphatic heterocycles. The summed E-state index contributed by atoms with van der Waals surface area (Å²) in [5, 5.41) is 0. The Balaban J connectivity index is 0.000000165. The van der Waals surface area contributed by atoms with Crippen LogP contribution in [0.2, 0.25) is 0 Å². The number of amides is 8. The zero-order chi connectivity index (χ0) is 69.8. The first-order valence-corrected chi connectivity index (χ1v) is 31.2. The van der Waals surface area contributed by atoms with Crippen LogP contribution < -0.4 is 0 Å². The molecule has 0 aromatic heterocycles. The van der Waals surface area contributed by atoms with Crippen molar-refractivity contribution in [2.24, 2.45) is 0 Å². The average molecular weight is 1290 g/mol. The van der Waals surface area contributed by atoms with Crippen molar-refractivity contribution in [3.05, 3.63) is 282 Å². The van der Waals surface area contributed by atoms with Gasteiger partial charge in [0.05, 0.1) is 33.4 Å². The van der Waals surface area contributed by atoms with Gasteiger partial charge in [-0.2, -0.15) is 0 Å². The number of nitrogens with zero attached hydrogens (tertiary/aromatic N) is 5. The number of Topliss-reactive ketones (excluding diaryl/α,β-unsaturated/α-hetero) is 2. The second kappa shape index (κ2) is 30.7. The van der Waals surface area contributed by atoms with E-state index in [0.29, 0.717) is 59.6 Å². The maximum absolute atomic E-state index is 12.9. The summed E-state index contributed by atoms with van der Waals surface area (Å²) in [5.74, 6) is -3.98. The number of benzene rings is 8. The van der Waals surface area contributed by atoms with Crippen molar-refractivity contribution < 1.29 is 67.1 Å². The summed E-state index contributed by atoms with van der Waals surface area (Å²) in [7, 11) is 1.38. The number of hydrogen-bond donors (Lipinski definition) is 0. The van der Waals surface area contributed by atoms with Gasteiger partial charge in [-0.25, -0.2) is 0 Å². The fraction of sp³-hybridized carbons (Fsp3) is 0.195. The molecule has 0 radical (unpaired) electrons. The van der Waals surface area contributed by atoms with E-state index in [-0.39, 0.29) is 127 Å². The van der Waals surface area contributed by atoms with Gasteiger partial charge in [-0.3, -0.25) is 81.8 Å². The van der Waals surface area contributed by atoms with Crippen LogP contribution >= 0.6 is 0 Å². The minimum Gasteiger partial charge on any atom is -0.339 e. The van der Waals surface area contributed by atoms with E-state index in [1.54, 1.807) is 96.4 Å². The molecule has 486 valence electrons. The lowest BCUT2D eigenvalue weighted by Crippen LogP contribution is -2.30. The van der Waals surface area contributed by atoms with Gasteiger partial charge < -0.3 is 9.80 Å². The molecule has 8 amide bonds. The predicted molar refractivity (Wildman–Crippen MR) is 358 cm³/mol. The summed E-state index contributed by atoms with van der Waals surface area (Å²) in [5.41, 5.74) is 6.32. The van der Waals surface area contributed by atoms with Gasteiger partial charge in [-0.15, -0.1) is 0 Å². The molecular formula is C77H69N5O14. The van der Waals surface area contributed by atoms with Crippen LogP contribution in [0, 0.1) is 0 Å². The van der Waals surface area contributed by atoms with Gasteiger partial charge in [0.2, 0.25) is 0 Å². The summed E-state index contributed by atoms with van der Waals surface area (Å²) in [6.07, 6.45) is 0. The van der Waals surface area contributed by atoms with Gasteiger partial charge in [0.15, 0.2) is 34.7 Å². The monoisotopic (exact) mass is 1290 g/mol. The van der Waals surface area contributed by atoms with Crippen LogP contribution in [0.1, 0.15) is 223 Å². The molecule has 96 heavy (non-hydrogen) atoms. The Bertz CT molecular complexity index is 4410. The molecule has 0 unspecified atom stereocenters. The standard InChI is InChI=1S/C21H16N2O5.C20H15NO5.2C18H19NO2/c1-3-22-18(25)13-7-5-11(9-15(13)20(22)27)17(24)12-6-8-14-16(10-12)21(28)23(4-2)19(14)26;1-10(22)14-6-4-12(8-16(14)11(2)23)18(24)13-5-7-15-17(9-13)20(26)21(3)19(15)25;1-3-19(4-2)18(21)16-12-8-11-15(13-16)17(20)14-9-6-5-7-10-14;1-3-19(4-2)18(21)16-12-10-15(11-13-16)17(20)14-8-6-5-7-9-14/h5-10H,3-4H2,1-2H3;4-9H,1-3H3;2*5-13H,3-4H2,1-2H3. The summed E-state index contributed by atoms with van der Waals surface area (Å²) in [6, 6.07) is 49.4. The Morgan fingerprint density at radius 2 is 0.583 bits per heavy atom. The summed E-state index contributed by atoms with van der Waals surface area (Å²) in [6.45, 7) is 17.1. The van der Waals surface area contributed by atoms with Crippen LogP contribution in [0.25, 0.3) is 0 Å². The molecule has 8 aromatic rings. The maximum Gasteiger partial charge on any atom is 0.261 e. The SMILES string of the molecule is CC(=O)c1ccc(C(=O)c2ccc3c(c2)C(=O)N(C)C3=O)cc1C(C)=O.CCN(CC)C(=O)c1ccc(C(=O)c2ccccc2)cc1.CCN(CC)C(=O)c1cccc(C(=O)c2ccccc2)c1.CCN1C(=O)c2ccc(C(=O)c3ccc4c(c3)C(=O)N(CC)C4=O)cc2C1=O. The molecule has 0 saturated carbocycles. The van der Waals surface area contributed by atoms with Crippen molar-refractivity contribution in [1.29, 1.82) is 0 Å². The fourth-order valence-electron chi connectivity index (χ4n) is 11.0. The lowest BCUT2D eigenvalue weighted by atomic mass is 9.94. The van der Waals surface area contributed by atoms with Gasteiger partial charge in [-0.05, 0) is 128 Å². The molecule has 0 aliphatic carbocycles. The fourth-order valence-corrected chi connectivity index (χ4v) is 11.0. The predicted octanol–water partition coefficient (Wildman–Crippen LogP) is 11.5. The van der Waals surface area contributed by atoms with E-state index in [2.05, 4.69) is 0 Å². The second-order valence-corrected chi connectivity index (χ2v) is 22.2. The van der Waals surface area contributed by atoms with E-state index in [0.717, 1.165) is 14.7 Å². The Hall–Kier alpha value is -11.9. The molecule has 0 N–H and O–H groups in total. The Kier molecular flexibility index (Phi) is 22.4. The number of rotatable bonds is 18. The highest BCUT2D eigenvalue weighted by molar-refractivity contribution is 6.25. The molecule has 11 rings (SSSR count). The van der Waals surface area contributed by atoms with Crippen molar-refractivity contribution in [2.75, 3.05) is 46.3 Å². The first-order chi connectivity index (χ1) is 45.9. The first-order valence-electron chi connectivity index (χ1n) is 31.2. The summed E-state index contributed by atoms with van der Waals surface area (Å²) in [4.78, 5) is 178. The normalized spacial score (nSPS) is 12.4. The quantitative estimate of drug-likeness (QED) is 0.0572. The lowest BCUT2D eigenvalue weighted by Gasteiger charge is -2.18. The number of fused-ring (bicyclic) bond motifs is 3. The minimum absolute atomic E-state index is 0.00119. The van der Waals surface area contributed by atoms with Crippen LogP contribution in [-0.2, 0) is 0 Å². The molecule has 3 heterocycles. The lowest BCUT2D eigenvalue weighted by molar-refractivity contribution is 0.0647. The third-order valence-corrected chi connectivity index (χ3v) is 16.4. The third-order valence-electron chi connectivity index (χ3n) is 16.4. The molecule has 0 atom stereocenters. The van der Waals surface area contributed by atoms with Crippen molar-refractivity contribution >= 4 is 82.0 Å². The van der Waals surface area contributed by atoms with E-state index >= 15 is 0 Å². The summed E-state index contributed by atoms with van der Waals surface area (Å²) >= 11 is 0. The van der Waals surface area contributed by atoms with Gasteiger partial charge in [0, 0.05) is 113 Å². The molecule has 0 bridgehead atoms. The van der Waals surface area contributed by atoms with Crippen molar-refractivity contribution in [3.8, 4) is 0 Å². The average Bonchev–Trinajstić information content (AvgIpc) is 1.62. The summed E-state index contributed by atoms with van der Waals surface area (Å²) < 4.78 is 0. The molecule has 3 aliphatic rings. The minimum atomic E-state index is -0.462. The topological polar surface area (TPSA) is 255 Å². The number of carbonyl (C=O) groups excluding carboxylic acids is 14. The second-order valence-electron chi connectivity index (χ2n) is 22.2. The number of hydrogen-bond acceptors (Lipinski definition) is 14. The van der Waals surface area contributed by atoms with Crippen LogP contribution in [-0.4, -0.2) is 153 Å². The van der Waals surface area contributed by atoms with Crippen LogP contribution in [0.4, 0.5) is 0 Å². The van der Waals surface area contributed by atoms with E-state index in [4.69, 9.17) is 0 Å². The molecule has 19 nitrogen and oxygen atoms in total. The number of carbonyl (C=O) groups is 14. The van der Waals surface area contributed by atoms with Crippen molar-refractivity contribution in [3.63, 3.8) is 0 Å². The molecule has 0 fully saturated rings. The van der Waals surface area contributed by atoms with Crippen molar-refractivity contribution in [1.82, 2.24) is 24.5 Å². The third kappa shape index (κ3) is 14.6. The number of imide groups is 3. The van der Waals surface area contributed by atoms with Gasteiger partial charge >= 0.3 is 0 Å². The maximum atomic E-state index is 12.9. The Morgan fingerprint density at radius 1 is 0.292 bits per heavy atom. The Labute approximate surface area is 554 Å². The first kappa shape index (κ1) is 70.0. The van der Waals surface area contributed by atoms with E-state index < -0.39 is 35.2 Å².